The normalized spacial score (nSPS) is 11.8. The van der Waals surface area contributed by atoms with Gasteiger partial charge in [-0.25, -0.2) is 18.3 Å². The first-order chi connectivity index (χ1) is 15.0. The van der Waals surface area contributed by atoms with Gasteiger partial charge < -0.3 is 10.6 Å². The lowest BCUT2D eigenvalue weighted by molar-refractivity contribution is -0.122. The van der Waals surface area contributed by atoms with Gasteiger partial charge in [0.15, 0.2) is 17.3 Å². The topological polar surface area (TPSA) is 88.4 Å². The van der Waals surface area contributed by atoms with Crippen molar-refractivity contribution in [1.29, 1.82) is 0 Å². The quantitative estimate of drug-likeness (QED) is 0.519. The minimum Gasteiger partial charge on any atom is -0.357 e. The van der Waals surface area contributed by atoms with E-state index in [1.54, 1.807) is 12.3 Å². The van der Waals surface area contributed by atoms with Gasteiger partial charge in [0, 0.05) is 18.8 Å². The van der Waals surface area contributed by atoms with Crippen molar-refractivity contribution < 1.29 is 18.4 Å². The van der Waals surface area contributed by atoms with Gasteiger partial charge in [-0.1, -0.05) is 36.4 Å². The molecule has 0 saturated carbocycles. The van der Waals surface area contributed by atoms with Gasteiger partial charge in [0.1, 0.15) is 11.6 Å². The molecule has 1 unspecified atom stereocenters. The minimum absolute atomic E-state index is 0.0982. The average molecular weight is 421 g/mol. The third kappa shape index (κ3) is 3.85. The second-order valence-corrected chi connectivity index (χ2v) is 6.68. The summed E-state index contributed by atoms with van der Waals surface area (Å²) in [5.74, 6) is -3.39. The summed E-state index contributed by atoms with van der Waals surface area (Å²) in [5, 5.41) is 9.23. The molecule has 0 radical (unpaired) electrons. The number of amides is 2. The fraction of sp³-hybridized carbons (Fsp3) is 0.0909. The summed E-state index contributed by atoms with van der Waals surface area (Å²) in [6, 6.07) is 13.0. The van der Waals surface area contributed by atoms with Gasteiger partial charge in [0.25, 0.3) is 5.91 Å². The van der Waals surface area contributed by atoms with Crippen molar-refractivity contribution in [2.24, 2.45) is 0 Å². The molecule has 2 heterocycles. The molecule has 2 aromatic heterocycles. The van der Waals surface area contributed by atoms with Crippen LogP contribution in [0.15, 0.2) is 67.0 Å². The van der Waals surface area contributed by atoms with Crippen LogP contribution in [0.4, 0.5) is 8.78 Å². The minimum atomic E-state index is -1.24. The SMILES string of the molecule is CNC(=O)C(NC(=O)c1cnn2c(-c3ccccc3)ccnc12)c1ccc(F)c(F)c1. The first-order valence-electron chi connectivity index (χ1n) is 9.35. The molecular formula is C22H17F2N5O2. The third-order valence-electron chi connectivity index (χ3n) is 4.78. The van der Waals surface area contributed by atoms with Crippen molar-refractivity contribution in [3.05, 3.63) is 89.8 Å². The molecule has 156 valence electrons. The Morgan fingerprint density at radius 2 is 1.81 bits per heavy atom. The van der Waals surface area contributed by atoms with Crippen molar-refractivity contribution in [2.45, 2.75) is 6.04 Å². The summed E-state index contributed by atoms with van der Waals surface area (Å²) >= 11 is 0. The van der Waals surface area contributed by atoms with Gasteiger partial charge >= 0.3 is 0 Å². The van der Waals surface area contributed by atoms with Gasteiger partial charge in [0.05, 0.1) is 11.9 Å². The van der Waals surface area contributed by atoms with E-state index in [9.17, 15) is 18.4 Å². The molecule has 0 fully saturated rings. The van der Waals surface area contributed by atoms with Crippen LogP contribution in [-0.2, 0) is 4.79 Å². The van der Waals surface area contributed by atoms with E-state index in [1.165, 1.54) is 23.8 Å². The lowest BCUT2D eigenvalue weighted by Gasteiger charge is -2.17. The smallest absolute Gasteiger partial charge is 0.257 e. The van der Waals surface area contributed by atoms with Gasteiger partial charge in [-0.2, -0.15) is 5.10 Å². The van der Waals surface area contributed by atoms with Gasteiger partial charge in [-0.15, -0.1) is 0 Å². The number of hydrogen-bond acceptors (Lipinski definition) is 4. The Morgan fingerprint density at radius 3 is 2.52 bits per heavy atom. The number of likely N-dealkylation sites (N-methyl/N-ethyl adjacent to an activating group) is 1. The van der Waals surface area contributed by atoms with Crippen LogP contribution in [0.25, 0.3) is 16.9 Å². The number of rotatable bonds is 5. The Balaban J connectivity index is 1.70. The highest BCUT2D eigenvalue weighted by Gasteiger charge is 2.25. The zero-order valence-corrected chi connectivity index (χ0v) is 16.3. The van der Waals surface area contributed by atoms with Crippen LogP contribution >= 0.6 is 0 Å². The highest BCUT2D eigenvalue weighted by Crippen LogP contribution is 2.22. The molecule has 0 saturated heterocycles. The summed E-state index contributed by atoms with van der Waals surface area (Å²) in [7, 11) is 1.38. The molecule has 7 nitrogen and oxygen atoms in total. The molecular weight excluding hydrogens is 404 g/mol. The van der Waals surface area contributed by atoms with E-state index in [2.05, 4.69) is 20.7 Å². The van der Waals surface area contributed by atoms with E-state index in [1.807, 2.05) is 30.3 Å². The summed E-state index contributed by atoms with van der Waals surface area (Å²) in [4.78, 5) is 29.6. The molecule has 0 aliphatic heterocycles. The molecule has 2 aromatic carbocycles. The average Bonchev–Trinajstić information content (AvgIpc) is 3.24. The maximum Gasteiger partial charge on any atom is 0.257 e. The number of benzene rings is 2. The number of halogens is 2. The first-order valence-corrected chi connectivity index (χ1v) is 9.35. The molecule has 0 aliphatic rings. The van der Waals surface area contributed by atoms with Crippen molar-refractivity contribution in [3.8, 4) is 11.3 Å². The largest absolute Gasteiger partial charge is 0.357 e. The molecule has 2 amide bonds. The Hall–Kier alpha value is -4.14. The monoisotopic (exact) mass is 421 g/mol. The summed E-state index contributed by atoms with van der Waals surface area (Å²) in [6.07, 6.45) is 2.90. The predicted molar refractivity (Wildman–Crippen MR) is 109 cm³/mol. The Morgan fingerprint density at radius 1 is 1.03 bits per heavy atom. The van der Waals surface area contributed by atoms with Crippen LogP contribution in [0.5, 0.6) is 0 Å². The van der Waals surface area contributed by atoms with Crippen LogP contribution in [0.3, 0.4) is 0 Å². The van der Waals surface area contributed by atoms with Crippen LogP contribution < -0.4 is 10.6 Å². The van der Waals surface area contributed by atoms with E-state index in [-0.39, 0.29) is 11.1 Å². The van der Waals surface area contributed by atoms with Crippen LogP contribution in [0.2, 0.25) is 0 Å². The number of nitrogens with one attached hydrogen (secondary N) is 2. The zero-order valence-electron chi connectivity index (χ0n) is 16.3. The number of nitrogens with zero attached hydrogens (tertiary/aromatic N) is 3. The second-order valence-electron chi connectivity index (χ2n) is 6.68. The molecule has 31 heavy (non-hydrogen) atoms. The number of fused-ring (bicyclic) bond motifs is 1. The number of aromatic nitrogens is 3. The molecule has 0 spiro atoms. The van der Waals surface area contributed by atoms with Crippen molar-refractivity contribution in [2.75, 3.05) is 7.05 Å². The summed E-state index contributed by atoms with van der Waals surface area (Å²) in [5.41, 5.74) is 2.14. The fourth-order valence-electron chi connectivity index (χ4n) is 3.22. The summed E-state index contributed by atoms with van der Waals surface area (Å²) < 4.78 is 28.5. The van der Waals surface area contributed by atoms with E-state index in [4.69, 9.17) is 0 Å². The standard InChI is InChI=1S/C22H17F2N5O2/c1-25-22(31)19(14-7-8-16(23)17(24)11-14)28-21(30)15-12-27-29-18(9-10-26-20(15)29)13-5-3-2-4-6-13/h2-12,19H,1H3,(H,25,31)(H,28,30). The molecule has 4 rings (SSSR count). The van der Waals surface area contributed by atoms with Gasteiger partial charge in [-0.3, -0.25) is 9.59 Å². The fourth-order valence-corrected chi connectivity index (χ4v) is 3.22. The number of hydrogen-bond donors (Lipinski definition) is 2. The highest BCUT2D eigenvalue weighted by atomic mass is 19.2. The predicted octanol–water partition coefficient (Wildman–Crippen LogP) is 2.89. The molecule has 1 atom stereocenters. The van der Waals surface area contributed by atoms with Crippen LogP contribution in [0, 0.1) is 11.6 Å². The van der Waals surface area contributed by atoms with E-state index in [0.717, 1.165) is 23.4 Å². The van der Waals surface area contributed by atoms with E-state index < -0.39 is 29.5 Å². The number of carbonyl (C=O) groups excluding carboxylic acids is 2. The van der Waals surface area contributed by atoms with Crippen LogP contribution in [0.1, 0.15) is 22.0 Å². The van der Waals surface area contributed by atoms with Gasteiger partial charge in [-0.05, 0) is 23.8 Å². The Kier molecular flexibility index (Phi) is 5.40. The number of carbonyl (C=O) groups is 2. The lowest BCUT2D eigenvalue weighted by atomic mass is 10.1. The molecule has 9 heteroatoms. The molecule has 2 N–H and O–H groups in total. The molecule has 0 bridgehead atoms. The highest BCUT2D eigenvalue weighted by molar-refractivity contribution is 6.02. The zero-order chi connectivity index (χ0) is 22.0. The van der Waals surface area contributed by atoms with Crippen LogP contribution in [-0.4, -0.2) is 33.5 Å². The van der Waals surface area contributed by atoms with E-state index >= 15 is 0 Å². The Bertz CT molecular complexity index is 1270. The van der Waals surface area contributed by atoms with Crippen molar-refractivity contribution in [1.82, 2.24) is 25.2 Å². The Labute approximate surface area is 175 Å². The third-order valence-corrected chi connectivity index (χ3v) is 4.78. The second kappa shape index (κ2) is 8.31. The van der Waals surface area contributed by atoms with Crippen molar-refractivity contribution in [3.63, 3.8) is 0 Å². The van der Waals surface area contributed by atoms with E-state index in [0.29, 0.717) is 5.65 Å². The maximum atomic E-state index is 13.7. The maximum absolute atomic E-state index is 13.7. The molecule has 4 aromatic rings. The summed E-state index contributed by atoms with van der Waals surface area (Å²) in [6.45, 7) is 0. The van der Waals surface area contributed by atoms with Crippen molar-refractivity contribution >= 4 is 17.5 Å². The lowest BCUT2D eigenvalue weighted by Crippen LogP contribution is -2.39. The first kappa shape index (κ1) is 20.1. The van der Waals surface area contributed by atoms with Gasteiger partial charge in [0.2, 0.25) is 5.91 Å². The molecule has 0 aliphatic carbocycles.